The second-order valence-electron chi connectivity index (χ2n) is 6.11. The zero-order chi connectivity index (χ0) is 17.5. The second-order valence-corrected chi connectivity index (χ2v) is 8.91. The average Bonchev–Trinajstić information content (AvgIpc) is 3.16. The largest absolute Gasteiger partial charge is 0.292 e. The van der Waals surface area contributed by atoms with Crippen molar-refractivity contribution in [2.45, 2.75) is 31.7 Å². The molecule has 2 aromatic heterocycles. The molecule has 24 heavy (non-hydrogen) atoms. The van der Waals surface area contributed by atoms with Crippen LogP contribution in [0.2, 0.25) is 0 Å². The number of aromatic nitrogens is 3. The number of sulfonamides is 1. The van der Waals surface area contributed by atoms with Crippen molar-refractivity contribution in [2.75, 3.05) is 26.2 Å². The van der Waals surface area contributed by atoms with Crippen molar-refractivity contribution in [1.29, 1.82) is 0 Å². The van der Waals surface area contributed by atoms with Gasteiger partial charge < -0.3 is 0 Å². The highest BCUT2D eigenvalue weighted by Crippen LogP contribution is 2.27. The van der Waals surface area contributed by atoms with Crippen LogP contribution < -0.4 is 0 Å². The molecular formula is C15H23N5O2S2. The number of piperazine rings is 1. The van der Waals surface area contributed by atoms with E-state index in [0.29, 0.717) is 42.5 Å². The van der Waals surface area contributed by atoms with Crippen molar-refractivity contribution in [3.63, 3.8) is 0 Å². The van der Waals surface area contributed by atoms with Crippen molar-refractivity contribution >= 4 is 21.4 Å². The van der Waals surface area contributed by atoms with Gasteiger partial charge in [-0.3, -0.25) is 9.58 Å². The van der Waals surface area contributed by atoms with E-state index in [1.54, 1.807) is 41.2 Å². The normalized spacial score (nSPS) is 18.8. The highest BCUT2D eigenvalue weighted by molar-refractivity contribution is 7.89. The summed E-state index contributed by atoms with van der Waals surface area (Å²) in [6.07, 6.45) is 1.81. The molecule has 0 aliphatic carbocycles. The summed E-state index contributed by atoms with van der Waals surface area (Å²) in [5, 5.41) is 7.29. The number of hydrogen-bond donors (Lipinski definition) is 0. The van der Waals surface area contributed by atoms with Crippen molar-refractivity contribution < 1.29 is 8.42 Å². The zero-order valence-electron chi connectivity index (χ0n) is 14.4. The van der Waals surface area contributed by atoms with Crippen molar-refractivity contribution in [2.24, 2.45) is 7.05 Å². The first kappa shape index (κ1) is 17.5. The van der Waals surface area contributed by atoms with E-state index in [1.807, 2.05) is 11.6 Å². The third-order valence-electron chi connectivity index (χ3n) is 4.67. The molecule has 0 N–H and O–H groups in total. The minimum Gasteiger partial charge on any atom is -0.292 e. The predicted molar refractivity (Wildman–Crippen MR) is 93.5 cm³/mol. The fourth-order valence-corrected chi connectivity index (χ4v) is 5.74. The van der Waals surface area contributed by atoms with Gasteiger partial charge in [0.25, 0.3) is 0 Å². The lowest BCUT2D eigenvalue weighted by molar-refractivity contribution is 0.145. The first-order valence-corrected chi connectivity index (χ1v) is 10.3. The van der Waals surface area contributed by atoms with Crippen LogP contribution in [0.25, 0.3) is 0 Å². The lowest BCUT2D eigenvalue weighted by Gasteiger charge is -2.36. The maximum absolute atomic E-state index is 13.0. The summed E-state index contributed by atoms with van der Waals surface area (Å²) in [5.41, 5.74) is 1.25. The highest BCUT2D eigenvalue weighted by Gasteiger charge is 2.34. The van der Waals surface area contributed by atoms with Crippen LogP contribution in [-0.4, -0.2) is 58.6 Å². The Hall–Kier alpha value is -1.29. The van der Waals surface area contributed by atoms with Crippen molar-refractivity contribution in [3.05, 3.63) is 28.0 Å². The van der Waals surface area contributed by atoms with Gasteiger partial charge in [0.05, 0.1) is 17.4 Å². The Bertz CT molecular complexity index is 805. The number of aryl methyl sites for hydroxylation is 2. The van der Waals surface area contributed by atoms with E-state index in [4.69, 9.17) is 0 Å². The molecule has 1 aliphatic heterocycles. The molecule has 0 saturated carbocycles. The fraction of sp³-hybridized carbons (Fsp3) is 0.600. The molecule has 1 aliphatic rings. The van der Waals surface area contributed by atoms with Gasteiger partial charge in [0.15, 0.2) is 0 Å². The Morgan fingerprint density at radius 1 is 1.21 bits per heavy atom. The van der Waals surface area contributed by atoms with Crippen LogP contribution in [0.5, 0.6) is 0 Å². The second kappa shape index (κ2) is 6.55. The van der Waals surface area contributed by atoms with E-state index in [1.165, 1.54) is 0 Å². The summed E-state index contributed by atoms with van der Waals surface area (Å²) in [7, 11) is -1.72. The van der Waals surface area contributed by atoms with E-state index in [-0.39, 0.29) is 6.04 Å². The summed E-state index contributed by atoms with van der Waals surface area (Å²) in [4.78, 5) is 7.01. The van der Waals surface area contributed by atoms with E-state index in [9.17, 15) is 8.42 Å². The van der Waals surface area contributed by atoms with Gasteiger partial charge in [-0.05, 0) is 20.8 Å². The molecular weight excluding hydrogens is 346 g/mol. The van der Waals surface area contributed by atoms with Crippen LogP contribution in [0.4, 0.5) is 0 Å². The van der Waals surface area contributed by atoms with Crippen LogP contribution >= 0.6 is 11.3 Å². The Labute approximate surface area is 147 Å². The van der Waals surface area contributed by atoms with E-state index < -0.39 is 10.0 Å². The molecule has 3 rings (SSSR count). The third-order valence-corrected chi connectivity index (χ3v) is 7.77. The Morgan fingerprint density at radius 3 is 2.38 bits per heavy atom. The van der Waals surface area contributed by atoms with Crippen LogP contribution in [0.1, 0.15) is 29.4 Å². The predicted octanol–water partition coefficient (Wildman–Crippen LogP) is 1.56. The first-order valence-electron chi connectivity index (χ1n) is 7.96. The molecule has 7 nitrogen and oxygen atoms in total. The zero-order valence-corrected chi connectivity index (χ0v) is 16.1. The summed E-state index contributed by atoms with van der Waals surface area (Å²) >= 11 is 1.64. The minimum absolute atomic E-state index is 0.219. The lowest BCUT2D eigenvalue weighted by atomic mass is 10.2. The van der Waals surface area contributed by atoms with Gasteiger partial charge in [0, 0.05) is 44.8 Å². The van der Waals surface area contributed by atoms with E-state index in [0.717, 1.165) is 5.01 Å². The van der Waals surface area contributed by atoms with Gasteiger partial charge in [-0.2, -0.15) is 9.40 Å². The molecule has 0 aromatic carbocycles. The van der Waals surface area contributed by atoms with E-state index >= 15 is 0 Å². The number of nitrogens with zero attached hydrogens (tertiary/aromatic N) is 5. The lowest BCUT2D eigenvalue weighted by Crippen LogP contribution is -2.49. The molecule has 1 saturated heterocycles. The molecule has 1 unspecified atom stereocenters. The van der Waals surface area contributed by atoms with Gasteiger partial charge in [0.1, 0.15) is 9.90 Å². The van der Waals surface area contributed by atoms with Gasteiger partial charge in [-0.15, -0.1) is 11.3 Å². The smallest absolute Gasteiger partial charge is 0.246 e. The first-order chi connectivity index (χ1) is 11.3. The van der Waals surface area contributed by atoms with Crippen LogP contribution in [0.15, 0.2) is 16.5 Å². The summed E-state index contributed by atoms with van der Waals surface area (Å²) in [5.74, 6) is 0. The van der Waals surface area contributed by atoms with Gasteiger partial charge >= 0.3 is 0 Å². The molecule has 0 radical (unpaired) electrons. The van der Waals surface area contributed by atoms with Crippen molar-refractivity contribution in [1.82, 2.24) is 24.0 Å². The Morgan fingerprint density at radius 2 is 1.88 bits per heavy atom. The molecule has 1 atom stereocenters. The van der Waals surface area contributed by atoms with Crippen LogP contribution in [0.3, 0.4) is 0 Å². The number of thiazole rings is 1. The highest BCUT2D eigenvalue weighted by atomic mass is 32.2. The standard InChI is InChI=1S/C15H23N5O2S2/c1-11-14(12(2)18(4)17-11)24(21,22)20-8-6-19(7-9-20)13(3)15-16-5-10-23-15/h5,10,13H,6-9H2,1-4H3. The molecule has 1 fully saturated rings. The SMILES string of the molecule is Cc1nn(C)c(C)c1S(=O)(=O)N1CCN(C(C)c2nccs2)CC1. The van der Waals surface area contributed by atoms with Gasteiger partial charge in [-0.25, -0.2) is 13.4 Å². The molecule has 0 spiro atoms. The topological polar surface area (TPSA) is 71.3 Å². The Balaban J connectivity index is 1.74. The van der Waals surface area contributed by atoms with E-state index in [2.05, 4.69) is 21.9 Å². The maximum atomic E-state index is 13.0. The number of rotatable bonds is 4. The Kier molecular flexibility index (Phi) is 4.78. The summed E-state index contributed by atoms with van der Waals surface area (Å²) in [6, 6.07) is 0.219. The molecule has 132 valence electrons. The molecule has 9 heteroatoms. The van der Waals surface area contributed by atoms with Crippen molar-refractivity contribution in [3.8, 4) is 0 Å². The monoisotopic (exact) mass is 369 g/mol. The van der Waals surface area contributed by atoms with Crippen LogP contribution in [-0.2, 0) is 17.1 Å². The quantitative estimate of drug-likeness (QED) is 0.818. The molecule has 3 heterocycles. The minimum atomic E-state index is -3.50. The molecule has 2 aromatic rings. The average molecular weight is 370 g/mol. The van der Waals surface area contributed by atoms with Gasteiger partial charge in [0.2, 0.25) is 10.0 Å². The third kappa shape index (κ3) is 3.01. The summed E-state index contributed by atoms with van der Waals surface area (Å²) in [6.45, 7) is 8.07. The number of hydrogen-bond acceptors (Lipinski definition) is 6. The fourth-order valence-electron chi connectivity index (χ4n) is 3.18. The van der Waals surface area contributed by atoms with Gasteiger partial charge in [-0.1, -0.05) is 0 Å². The summed E-state index contributed by atoms with van der Waals surface area (Å²) < 4.78 is 29.2. The van der Waals surface area contributed by atoms with Crippen LogP contribution in [0, 0.1) is 13.8 Å². The maximum Gasteiger partial charge on any atom is 0.246 e. The molecule has 0 amide bonds. The molecule has 0 bridgehead atoms.